The van der Waals surface area contributed by atoms with Gasteiger partial charge in [0.25, 0.3) is 6.47 Å². The van der Waals surface area contributed by atoms with Gasteiger partial charge in [0, 0.05) is 0 Å². The fourth-order valence-electron chi connectivity index (χ4n) is 0.276. The van der Waals surface area contributed by atoms with Gasteiger partial charge in [-0.3, -0.25) is 4.79 Å². The van der Waals surface area contributed by atoms with E-state index in [0.29, 0.717) is 6.08 Å². The number of halogens is 4. The van der Waals surface area contributed by atoms with Crippen molar-refractivity contribution in [1.82, 2.24) is 0 Å². The van der Waals surface area contributed by atoms with Crippen LogP contribution < -0.4 is 0 Å². The highest BCUT2D eigenvalue weighted by molar-refractivity contribution is 6.30. The Labute approximate surface area is 65.6 Å². The number of carbonyl (C=O) groups excluding carboxylic acids is 1. The molecule has 0 aliphatic heterocycles. The minimum atomic E-state index is -4.56. The molecule has 0 aromatic rings. The van der Waals surface area contributed by atoms with Crippen molar-refractivity contribution in [1.29, 1.82) is 0 Å². The molecule has 0 fully saturated rings. The van der Waals surface area contributed by atoms with Crippen LogP contribution in [0.3, 0.4) is 0 Å². The first kappa shape index (κ1) is 10.3. The molecule has 0 saturated carbocycles. The summed E-state index contributed by atoms with van der Waals surface area (Å²) in [6, 6.07) is 0. The largest absolute Gasteiger partial charge is 0.464 e. The van der Waals surface area contributed by atoms with Crippen LogP contribution in [0, 0.1) is 0 Å². The summed E-state index contributed by atoms with van der Waals surface area (Å²) in [4.78, 5) is 9.46. The smallest absolute Gasteiger partial charge is 0.426 e. The molecule has 0 spiro atoms. The lowest BCUT2D eigenvalue weighted by molar-refractivity contribution is -0.127. The zero-order valence-electron chi connectivity index (χ0n) is 5.19. The summed E-state index contributed by atoms with van der Waals surface area (Å²) in [5.74, 6) is 0. The Bertz CT molecular complexity index is 164. The summed E-state index contributed by atoms with van der Waals surface area (Å²) >= 11 is 4.73. The van der Waals surface area contributed by atoms with E-state index >= 15 is 0 Å². The third-order valence-electron chi connectivity index (χ3n) is 0.698. The number of hydrogen-bond donors (Lipinski definition) is 0. The highest BCUT2D eigenvalue weighted by Gasteiger charge is 2.31. The predicted molar refractivity (Wildman–Crippen MR) is 32.0 cm³/mol. The number of rotatable bonds is 3. The topological polar surface area (TPSA) is 26.3 Å². The second-order valence-electron chi connectivity index (χ2n) is 1.48. The third kappa shape index (κ3) is 4.66. The molecule has 0 saturated heterocycles. The van der Waals surface area contributed by atoms with Crippen molar-refractivity contribution in [3.8, 4) is 0 Å². The first-order valence-corrected chi connectivity index (χ1v) is 2.84. The van der Waals surface area contributed by atoms with E-state index in [-0.39, 0.29) is 6.47 Å². The second-order valence-corrected chi connectivity index (χ2v) is 1.89. The third-order valence-corrected chi connectivity index (χ3v) is 1.07. The summed E-state index contributed by atoms with van der Waals surface area (Å²) in [5, 5.41) is -1.29. The standard InChI is InChI=1S/C5H4ClF3O2/c6-4(5(7,8)9)1-2-11-3-10/h1,3H,2H2/b4-1-. The van der Waals surface area contributed by atoms with Crippen LogP contribution in [0.5, 0.6) is 0 Å². The van der Waals surface area contributed by atoms with E-state index in [0.717, 1.165) is 0 Å². The second kappa shape index (κ2) is 4.23. The van der Waals surface area contributed by atoms with E-state index in [1.807, 2.05) is 0 Å². The summed E-state index contributed by atoms with van der Waals surface area (Å²) < 4.78 is 38.6. The number of hydrogen-bond acceptors (Lipinski definition) is 2. The molecule has 0 atom stereocenters. The Morgan fingerprint density at radius 3 is 2.45 bits per heavy atom. The van der Waals surface area contributed by atoms with Gasteiger partial charge in [-0.05, 0) is 6.08 Å². The first-order chi connectivity index (χ1) is 4.98. The van der Waals surface area contributed by atoms with Gasteiger partial charge in [0.2, 0.25) is 0 Å². The average molecular weight is 189 g/mol. The maximum atomic E-state index is 11.5. The van der Waals surface area contributed by atoms with Crippen molar-refractivity contribution in [2.75, 3.05) is 6.61 Å². The lowest BCUT2D eigenvalue weighted by atomic mass is 10.5. The Hall–Kier alpha value is -0.710. The van der Waals surface area contributed by atoms with Crippen molar-refractivity contribution < 1.29 is 22.7 Å². The Kier molecular flexibility index (Phi) is 3.95. The number of allylic oxidation sites excluding steroid dienone is 1. The van der Waals surface area contributed by atoms with Gasteiger partial charge in [-0.2, -0.15) is 13.2 Å². The fraction of sp³-hybridized carbons (Fsp3) is 0.400. The van der Waals surface area contributed by atoms with Crippen molar-refractivity contribution in [2.24, 2.45) is 0 Å². The van der Waals surface area contributed by atoms with E-state index in [2.05, 4.69) is 4.74 Å². The van der Waals surface area contributed by atoms with Gasteiger partial charge >= 0.3 is 6.18 Å². The van der Waals surface area contributed by atoms with Crippen LogP contribution in [0.2, 0.25) is 0 Å². The van der Waals surface area contributed by atoms with Crippen molar-refractivity contribution >= 4 is 18.1 Å². The molecule has 0 amide bonds. The predicted octanol–water partition coefficient (Wildman–Crippen LogP) is 1.84. The van der Waals surface area contributed by atoms with Crippen LogP contribution in [0.25, 0.3) is 0 Å². The molecule has 0 N–H and O–H groups in total. The fourth-order valence-corrected chi connectivity index (χ4v) is 0.339. The van der Waals surface area contributed by atoms with Gasteiger partial charge in [0.05, 0.1) is 0 Å². The maximum Gasteiger partial charge on any atom is 0.426 e. The van der Waals surface area contributed by atoms with Crippen LogP contribution in [-0.2, 0) is 9.53 Å². The minimum Gasteiger partial charge on any atom is -0.464 e. The Balaban J connectivity index is 3.90. The molecule has 0 radical (unpaired) electrons. The summed E-state index contributed by atoms with van der Waals surface area (Å²) in [5.41, 5.74) is 0. The lowest BCUT2D eigenvalue weighted by Gasteiger charge is -2.02. The molecular weight excluding hydrogens is 184 g/mol. The minimum absolute atomic E-state index is 0.0387. The van der Waals surface area contributed by atoms with Crippen molar-refractivity contribution in [3.63, 3.8) is 0 Å². The van der Waals surface area contributed by atoms with E-state index in [9.17, 15) is 18.0 Å². The van der Waals surface area contributed by atoms with Crippen LogP contribution in [-0.4, -0.2) is 19.3 Å². The van der Waals surface area contributed by atoms with Crippen LogP contribution in [0.1, 0.15) is 0 Å². The zero-order valence-corrected chi connectivity index (χ0v) is 5.95. The molecule has 0 bridgehead atoms. The van der Waals surface area contributed by atoms with Crippen LogP contribution in [0.4, 0.5) is 13.2 Å². The molecule has 11 heavy (non-hydrogen) atoms. The molecule has 6 heteroatoms. The van der Waals surface area contributed by atoms with E-state index in [1.165, 1.54) is 0 Å². The zero-order chi connectivity index (χ0) is 8.91. The van der Waals surface area contributed by atoms with Crippen LogP contribution >= 0.6 is 11.6 Å². The van der Waals surface area contributed by atoms with Gasteiger partial charge in [-0.15, -0.1) is 0 Å². The normalized spacial score (nSPS) is 12.9. The van der Waals surface area contributed by atoms with Crippen molar-refractivity contribution in [2.45, 2.75) is 6.18 Å². The number of alkyl halides is 3. The quantitative estimate of drug-likeness (QED) is 0.499. The Morgan fingerprint density at radius 1 is 1.55 bits per heavy atom. The van der Waals surface area contributed by atoms with Gasteiger partial charge in [-0.25, -0.2) is 0 Å². The molecule has 0 aliphatic rings. The van der Waals surface area contributed by atoms with Gasteiger partial charge < -0.3 is 4.74 Å². The van der Waals surface area contributed by atoms with E-state index in [1.54, 1.807) is 0 Å². The van der Waals surface area contributed by atoms with E-state index < -0.39 is 17.8 Å². The Morgan fingerprint density at radius 2 is 2.09 bits per heavy atom. The molecule has 0 heterocycles. The lowest BCUT2D eigenvalue weighted by Crippen LogP contribution is -2.07. The van der Waals surface area contributed by atoms with Gasteiger partial charge in [-0.1, -0.05) is 11.6 Å². The molecule has 0 aliphatic carbocycles. The number of carbonyl (C=O) groups is 1. The summed E-state index contributed by atoms with van der Waals surface area (Å²) in [6.45, 7) is -0.432. The maximum absolute atomic E-state index is 11.5. The number of ether oxygens (including phenoxy) is 1. The molecule has 2 nitrogen and oxygen atoms in total. The van der Waals surface area contributed by atoms with E-state index in [4.69, 9.17) is 11.6 Å². The van der Waals surface area contributed by atoms with Gasteiger partial charge in [0.15, 0.2) is 0 Å². The monoisotopic (exact) mass is 188 g/mol. The van der Waals surface area contributed by atoms with Crippen LogP contribution in [0.15, 0.2) is 11.1 Å². The molecule has 0 aromatic carbocycles. The molecule has 0 aromatic heterocycles. The highest BCUT2D eigenvalue weighted by Crippen LogP contribution is 2.27. The SMILES string of the molecule is O=COC/C=C(\Cl)C(F)(F)F. The molecule has 0 unspecified atom stereocenters. The summed E-state index contributed by atoms with van der Waals surface area (Å²) in [6.07, 6.45) is -4.00. The summed E-state index contributed by atoms with van der Waals surface area (Å²) in [7, 11) is 0. The highest BCUT2D eigenvalue weighted by atomic mass is 35.5. The van der Waals surface area contributed by atoms with Gasteiger partial charge in [0.1, 0.15) is 11.6 Å². The molecule has 64 valence electrons. The molecular formula is C5H4ClF3O2. The molecule has 0 rings (SSSR count). The average Bonchev–Trinajstić information content (AvgIpc) is 1.86. The first-order valence-electron chi connectivity index (χ1n) is 2.46. The van der Waals surface area contributed by atoms with Crippen molar-refractivity contribution in [3.05, 3.63) is 11.1 Å².